The Morgan fingerprint density at radius 3 is 2.61 bits per heavy atom. The summed E-state index contributed by atoms with van der Waals surface area (Å²) in [5, 5.41) is 6.15. The molecule has 2 N–H and O–H groups in total. The predicted molar refractivity (Wildman–Crippen MR) is 114 cm³/mol. The van der Waals surface area contributed by atoms with Crippen LogP contribution < -0.4 is 20.1 Å². The van der Waals surface area contributed by atoms with Crippen LogP contribution in [0, 0.1) is 0 Å². The van der Waals surface area contributed by atoms with Crippen molar-refractivity contribution in [2.75, 3.05) is 26.8 Å². The number of carbonyl (C=O) groups excluding carboxylic acids is 1. The number of methoxy groups -OCH3 is 1. The van der Waals surface area contributed by atoms with E-state index in [1.54, 1.807) is 19.1 Å². The lowest BCUT2D eigenvalue weighted by atomic mass is 10.2. The Balaban J connectivity index is 0.00000729. The van der Waals surface area contributed by atoms with Gasteiger partial charge in [0.05, 0.1) is 20.3 Å². The van der Waals surface area contributed by atoms with Crippen LogP contribution in [0.4, 0.5) is 8.78 Å². The number of nitrogens with zero attached hydrogens (tertiary/aromatic N) is 1. The lowest BCUT2D eigenvalue weighted by Crippen LogP contribution is -2.37. The van der Waals surface area contributed by atoms with E-state index >= 15 is 0 Å². The standard InChI is InChI=1S/C18H27F2N3O4.HI/c1-4-21-18(22-10-6-7-16(24)26-5-2)23-12-13-11-14(25-3)8-9-15(13)27-17(19)20;/h8-9,11,17H,4-7,10,12H2,1-3H3,(H2,21,22,23);1H. The average Bonchev–Trinajstić information content (AvgIpc) is 2.63. The Morgan fingerprint density at radius 2 is 2.00 bits per heavy atom. The molecule has 0 saturated carbocycles. The summed E-state index contributed by atoms with van der Waals surface area (Å²) in [7, 11) is 1.49. The molecule has 0 amide bonds. The van der Waals surface area contributed by atoms with Gasteiger partial charge in [-0.25, -0.2) is 4.99 Å². The molecule has 1 aromatic carbocycles. The summed E-state index contributed by atoms with van der Waals surface area (Å²) in [6, 6.07) is 4.57. The normalized spacial score (nSPS) is 10.9. The number of aliphatic imine (C=N–C) groups is 1. The molecule has 7 nitrogen and oxygen atoms in total. The lowest BCUT2D eigenvalue weighted by molar-refractivity contribution is -0.143. The number of guanidine groups is 1. The van der Waals surface area contributed by atoms with E-state index in [0.29, 0.717) is 49.8 Å². The molecule has 0 aliphatic rings. The van der Waals surface area contributed by atoms with E-state index in [9.17, 15) is 13.6 Å². The van der Waals surface area contributed by atoms with Crippen LogP contribution in [0.1, 0.15) is 32.3 Å². The monoisotopic (exact) mass is 515 g/mol. The van der Waals surface area contributed by atoms with Crippen molar-refractivity contribution in [1.29, 1.82) is 0 Å². The molecule has 0 aliphatic carbocycles. The number of rotatable bonds is 11. The highest BCUT2D eigenvalue weighted by atomic mass is 127. The van der Waals surface area contributed by atoms with Crippen LogP contribution in [-0.2, 0) is 16.1 Å². The van der Waals surface area contributed by atoms with Gasteiger partial charge in [0, 0.05) is 25.1 Å². The topological polar surface area (TPSA) is 81.2 Å². The first-order valence-electron chi connectivity index (χ1n) is 8.79. The molecule has 0 aliphatic heterocycles. The molecule has 0 fully saturated rings. The SMILES string of the molecule is CCNC(=NCc1cc(OC)ccc1OC(F)F)NCCCC(=O)OCC.I. The van der Waals surface area contributed by atoms with Gasteiger partial charge in [0.2, 0.25) is 0 Å². The van der Waals surface area contributed by atoms with Gasteiger partial charge < -0.3 is 24.8 Å². The van der Waals surface area contributed by atoms with E-state index in [1.165, 1.54) is 13.2 Å². The Labute approximate surface area is 181 Å². The van der Waals surface area contributed by atoms with E-state index in [1.807, 2.05) is 6.92 Å². The molecule has 160 valence electrons. The molecule has 10 heteroatoms. The summed E-state index contributed by atoms with van der Waals surface area (Å²) >= 11 is 0. The Hall–Kier alpha value is -1.85. The number of hydrogen-bond donors (Lipinski definition) is 2. The zero-order valence-electron chi connectivity index (χ0n) is 16.3. The first-order chi connectivity index (χ1) is 13.0. The maximum atomic E-state index is 12.6. The number of nitrogens with one attached hydrogen (secondary N) is 2. The molecule has 0 atom stereocenters. The highest BCUT2D eigenvalue weighted by Crippen LogP contribution is 2.26. The summed E-state index contributed by atoms with van der Waals surface area (Å²) < 4.78 is 39.7. The second-order valence-electron chi connectivity index (χ2n) is 5.38. The molecule has 0 unspecified atom stereocenters. The van der Waals surface area contributed by atoms with Crippen LogP contribution in [-0.4, -0.2) is 45.3 Å². The van der Waals surface area contributed by atoms with E-state index in [4.69, 9.17) is 9.47 Å². The summed E-state index contributed by atoms with van der Waals surface area (Å²) in [6.45, 7) is 2.37. The highest BCUT2D eigenvalue weighted by Gasteiger charge is 2.11. The maximum Gasteiger partial charge on any atom is 0.387 e. The maximum absolute atomic E-state index is 12.6. The van der Waals surface area contributed by atoms with Crippen molar-refractivity contribution in [3.8, 4) is 11.5 Å². The number of esters is 1. The summed E-state index contributed by atoms with van der Waals surface area (Å²) in [5.41, 5.74) is 0.471. The third-order valence-electron chi connectivity index (χ3n) is 3.39. The van der Waals surface area contributed by atoms with Crippen LogP contribution in [0.3, 0.4) is 0 Å². The van der Waals surface area contributed by atoms with Gasteiger partial charge in [-0.1, -0.05) is 0 Å². The molecule has 0 bridgehead atoms. The zero-order valence-corrected chi connectivity index (χ0v) is 18.6. The van der Waals surface area contributed by atoms with Crippen LogP contribution in [0.2, 0.25) is 0 Å². The Kier molecular flexibility index (Phi) is 14.1. The van der Waals surface area contributed by atoms with Crippen molar-refractivity contribution in [1.82, 2.24) is 10.6 Å². The quantitative estimate of drug-likeness (QED) is 0.155. The number of benzene rings is 1. The van der Waals surface area contributed by atoms with E-state index in [-0.39, 0.29) is 42.2 Å². The summed E-state index contributed by atoms with van der Waals surface area (Å²) in [4.78, 5) is 15.7. The number of ether oxygens (including phenoxy) is 3. The van der Waals surface area contributed by atoms with E-state index in [0.717, 1.165) is 0 Å². The summed E-state index contributed by atoms with van der Waals surface area (Å²) in [6.07, 6.45) is 0.894. The second-order valence-corrected chi connectivity index (χ2v) is 5.38. The smallest absolute Gasteiger partial charge is 0.387 e. The summed E-state index contributed by atoms with van der Waals surface area (Å²) in [5.74, 6) is 0.834. The van der Waals surface area contributed by atoms with Crippen LogP contribution in [0.25, 0.3) is 0 Å². The molecule has 0 heterocycles. The second kappa shape index (κ2) is 15.1. The number of carbonyl (C=O) groups is 1. The van der Waals surface area contributed by atoms with Crippen molar-refractivity contribution in [3.05, 3.63) is 23.8 Å². The van der Waals surface area contributed by atoms with Crippen molar-refractivity contribution < 1.29 is 27.8 Å². The molecular weight excluding hydrogens is 487 g/mol. The number of hydrogen-bond acceptors (Lipinski definition) is 5. The van der Waals surface area contributed by atoms with Gasteiger partial charge in [-0.05, 0) is 38.5 Å². The largest absolute Gasteiger partial charge is 0.497 e. The van der Waals surface area contributed by atoms with Crippen molar-refractivity contribution in [2.45, 2.75) is 39.8 Å². The first-order valence-corrected chi connectivity index (χ1v) is 8.79. The molecule has 1 aromatic rings. The van der Waals surface area contributed by atoms with Gasteiger partial charge in [0.25, 0.3) is 0 Å². The fourth-order valence-corrected chi connectivity index (χ4v) is 2.20. The minimum atomic E-state index is -2.92. The molecule has 0 saturated heterocycles. The average molecular weight is 515 g/mol. The number of alkyl halides is 2. The van der Waals surface area contributed by atoms with Crippen LogP contribution in [0.15, 0.2) is 23.2 Å². The molecule has 0 radical (unpaired) electrons. The van der Waals surface area contributed by atoms with E-state index < -0.39 is 6.61 Å². The fraction of sp³-hybridized carbons (Fsp3) is 0.556. The molecule has 1 rings (SSSR count). The van der Waals surface area contributed by atoms with Crippen molar-refractivity contribution >= 4 is 35.9 Å². The van der Waals surface area contributed by atoms with Gasteiger partial charge in [-0.15, -0.1) is 24.0 Å². The van der Waals surface area contributed by atoms with Gasteiger partial charge in [0.1, 0.15) is 11.5 Å². The lowest BCUT2D eigenvalue weighted by Gasteiger charge is -2.13. The van der Waals surface area contributed by atoms with Gasteiger partial charge >= 0.3 is 12.6 Å². The molecule has 28 heavy (non-hydrogen) atoms. The highest BCUT2D eigenvalue weighted by molar-refractivity contribution is 14.0. The van der Waals surface area contributed by atoms with Gasteiger partial charge in [0.15, 0.2) is 5.96 Å². The first kappa shape index (κ1) is 26.1. The van der Waals surface area contributed by atoms with Crippen LogP contribution in [0.5, 0.6) is 11.5 Å². The Morgan fingerprint density at radius 1 is 1.25 bits per heavy atom. The van der Waals surface area contributed by atoms with E-state index in [2.05, 4.69) is 20.4 Å². The minimum absolute atomic E-state index is 0. The number of halogens is 3. The van der Waals surface area contributed by atoms with Crippen LogP contribution >= 0.6 is 24.0 Å². The Bertz CT molecular complexity index is 618. The predicted octanol–water partition coefficient (Wildman–Crippen LogP) is 3.31. The molecular formula is C18H28F2IN3O4. The fourth-order valence-electron chi connectivity index (χ4n) is 2.20. The third kappa shape index (κ3) is 10.5. The minimum Gasteiger partial charge on any atom is -0.497 e. The van der Waals surface area contributed by atoms with Gasteiger partial charge in [-0.3, -0.25) is 4.79 Å². The van der Waals surface area contributed by atoms with Gasteiger partial charge in [-0.2, -0.15) is 8.78 Å². The molecule has 0 spiro atoms. The zero-order chi connectivity index (χ0) is 20.1. The molecule has 0 aromatic heterocycles. The van der Waals surface area contributed by atoms with Crippen molar-refractivity contribution in [3.63, 3.8) is 0 Å². The van der Waals surface area contributed by atoms with Crippen molar-refractivity contribution in [2.24, 2.45) is 4.99 Å². The third-order valence-corrected chi connectivity index (χ3v) is 3.39.